The van der Waals surface area contributed by atoms with Crippen molar-refractivity contribution in [3.63, 3.8) is 0 Å². The number of hydrogen-bond acceptors (Lipinski definition) is 6. The van der Waals surface area contributed by atoms with E-state index in [2.05, 4.69) is 0 Å². The maximum atomic E-state index is 13.3. The van der Waals surface area contributed by atoms with Crippen molar-refractivity contribution >= 4 is 29.5 Å². The van der Waals surface area contributed by atoms with Gasteiger partial charge < -0.3 is 20.3 Å². The highest BCUT2D eigenvalue weighted by atomic mass is 32.2. The van der Waals surface area contributed by atoms with E-state index in [0.717, 1.165) is 11.3 Å². The fraction of sp³-hybridized carbons (Fsp3) is 0.550. The third kappa shape index (κ3) is 5.48. The van der Waals surface area contributed by atoms with Crippen LogP contribution in [0.2, 0.25) is 0 Å². The third-order valence-corrected chi connectivity index (χ3v) is 5.47. The van der Waals surface area contributed by atoms with Gasteiger partial charge in [-0.1, -0.05) is 30.3 Å². The average Bonchev–Trinajstić information content (AvgIpc) is 2.71. The maximum Gasteiger partial charge on any atom is 0.329 e. The summed E-state index contributed by atoms with van der Waals surface area (Å²) in [6.07, 6.45) is 2.87. The Morgan fingerprint density at radius 2 is 2.00 bits per heavy atom. The van der Waals surface area contributed by atoms with Crippen molar-refractivity contribution in [3.8, 4) is 0 Å². The van der Waals surface area contributed by atoms with Crippen molar-refractivity contribution in [1.29, 1.82) is 0 Å². The fourth-order valence-corrected chi connectivity index (χ4v) is 3.90. The summed E-state index contributed by atoms with van der Waals surface area (Å²) >= 11 is 1.61. The second-order valence-electron chi connectivity index (χ2n) is 6.58. The minimum absolute atomic E-state index is 0.131. The number of hydrogen-bond donors (Lipinski definition) is 1. The summed E-state index contributed by atoms with van der Waals surface area (Å²) in [5, 5.41) is 0. The van der Waals surface area contributed by atoms with Crippen molar-refractivity contribution in [2.75, 3.05) is 38.2 Å². The number of nitrogens with two attached hydrogens (primary N) is 1. The molecule has 7 nitrogen and oxygen atoms in total. The highest BCUT2D eigenvalue weighted by Crippen LogP contribution is 2.21. The minimum atomic E-state index is -0.707. The normalized spacial score (nSPS) is 18.1. The topological polar surface area (TPSA) is 92.9 Å². The van der Waals surface area contributed by atoms with Crippen LogP contribution in [0.3, 0.4) is 0 Å². The smallest absolute Gasteiger partial charge is 0.329 e. The highest BCUT2D eigenvalue weighted by molar-refractivity contribution is 7.98. The zero-order valence-electron chi connectivity index (χ0n) is 16.5. The Kier molecular flexibility index (Phi) is 8.79. The van der Waals surface area contributed by atoms with Gasteiger partial charge in [0.1, 0.15) is 12.1 Å². The van der Waals surface area contributed by atoms with Gasteiger partial charge in [0, 0.05) is 19.5 Å². The van der Waals surface area contributed by atoms with Crippen LogP contribution in [0.4, 0.5) is 0 Å². The summed E-state index contributed by atoms with van der Waals surface area (Å²) in [5.74, 6) is -0.130. The predicted molar refractivity (Wildman–Crippen MR) is 110 cm³/mol. The lowest BCUT2D eigenvalue weighted by atomic mass is 10.0. The number of esters is 1. The van der Waals surface area contributed by atoms with Crippen molar-refractivity contribution in [2.24, 2.45) is 5.73 Å². The van der Waals surface area contributed by atoms with Crippen molar-refractivity contribution in [1.82, 2.24) is 9.80 Å². The monoisotopic (exact) mass is 407 g/mol. The van der Waals surface area contributed by atoms with E-state index in [1.165, 1.54) is 0 Å². The molecule has 1 aromatic rings. The number of benzene rings is 1. The zero-order chi connectivity index (χ0) is 20.5. The predicted octanol–water partition coefficient (Wildman–Crippen LogP) is 0.912. The number of carbonyl (C=O) groups excluding carboxylic acids is 3. The molecule has 2 rings (SSSR count). The van der Waals surface area contributed by atoms with E-state index in [1.54, 1.807) is 28.5 Å². The first-order valence-electron chi connectivity index (χ1n) is 9.53. The minimum Gasteiger partial charge on any atom is -0.464 e. The number of amides is 2. The molecule has 2 amide bonds. The molecule has 1 fully saturated rings. The van der Waals surface area contributed by atoms with Crippen LogP contribution in [-0.2, 0) is 25.5 Å². The first kappa shape index (κ1) is 22.2. The van der Waals surface area contributed by atoms with Crippen LogP contribution in [0.15, 0.2) is 30.3 Å². The van der Waals surface area contributed by atoms with Gasteiger partial charge in [-0.3, -0.25) is 9.59 Å². The van der Waals surface area contributed by atoms with Crippen molar-refractivity contribution < 1.29 is 19.1 Å². The molecule has 1 saturated heterocycles. The standard InChI is InChI=1S/C20H29N3O4S/c1-3-27-20(26)17(13-15-7-5-4-6-8-15)23-11-10-22(18(24)14-21)16(19(23)25)9-12-28-2/h4-8,16-17H,3,9-14,21H2,1-2H3/t16-,17-/m1/s1. The number of ether oxygens (including phenoxy) is 1. The SMILES string of the molecule is CCOC(=O)[C@@H](Cc1ccccc1)N1CCN(C(=O)CN)[C@H](CCSC)C1=O. The molecule has 0 aliphatic carbocycles. The lowest BCUT2D eigenvalue weighted by Gasteiger charge is -2.43. The van der Waals surface area contributed by atoms with E-state index in [4.69, 9.17) is 10.5 Å². The van der Waals surface area contributed by atoms with Crippen molar-refractivity contribution in [2.45, 2.75) is 31.8 Å². The molecule has 1 aromatic carbocycles. The molecule has 1 aliphatic heterocycles. The van der Waals surface area contributed by atoms with Crippen molar-refractivity contribution in [3.05, 3.63) is 35.9 Å². The molecule has 0 saturated carbocycles. The largest absolute Gasteiger partial charge is 0.464 e. The lowest BCUT2D eigenvalue weighted by Crippen LogP contribution is -2.63. The molecule has 0 spiro atoms. The Labute approximate surface area is 170 Å². The lowest BCUT2D eigenvalue weighted by molar-refractivity contribution is -0.162. The number of carbonyl (C=O) groups is 3. The van der Waals surface area contributed by atoms with Crippen LogP contribution in [0, 0.1) is 0 Å². The van der Waals surface area contributed by atoms with E-state index in [0.29, 0.717) is 19.4 Å². The fourth-order valence-electron chi connectivity index (χ4n) is 3.44. The second-order valence-corrected chi connectivity index (χ2v) is 7.56. The van der Waals surface area contributed by atoms with Gasteiger partial charge in [0.15, 0.2) is 0 Å². The molecule has 1 heterocycles. The van der Waals surface area contributed by atoms with Gasteiger partial charge in [-0.25, -0.2) is 4.79 Å². The molecule has 0 unspecified atom stereocenters. The molecule has 28 heavy (non-hydrogen) atoms. The van der Waals surface area contributed by atoms with Crippen LogP contribution in [-0.4, -0.2) is 77.9 Å². The zero-order valence-corrected chi connectivity index (χ0v) is 17.3. The Hall–Kier alpha value is -2.06. The van der Waals surface area contributed by atoms with Crippen LogP contribution in [0.5, 0.6) is 0 Å². The van der Waals surface area contributed by atoms with Gasteiger partial charge in [-0.2, -0.15) is 11.8 Å². The summed E-state index contributed by atoms with van der Waals surface area (Å²) in [7, 11) is 0. The van der Waals surface area contributed by atoms with E-state index in [-0.39, 0.29) is 31.5 Å². The molecule has 0 bridgehead atoms. The second kappa shape index (κ2) is 11.1. The molecule has 1 aliphatic rings. The van der Waals surface area contributed by atoms with Crippen LogP contribution in [0.25, 0.3) is 0 Å². The number of nitrogens with zero attached hydrogens (tertiary/aromatic N) is 2. The van der Waals surface area contributed by atoms with E-state index < -0.39 is 18.1 Å². The van der Waals surface area contributed by atoms with Gasteiger partial charge in [0.05, 0.1) is 13.2 Å². The van der Waals surface area contributed by atoms with Crippen LogP contribution < -0.4 is 5.73 Å². The molecule has 0 radical (unpaired) electrons. The Bertz CT molecular complexity index is 671. The van der Waals surface area contributed by atoms with Gasteiger partial charge in [-0.15, -0.1) is 0 Å². The quantitative estimate of drug-likeness (QED) is 0.612. The Morgan fingerprint density at radius 3 is 2.61 bits per heavy atom. The molecular weight excluding hydrogens is 378 g/mol. The van der Waals surface area contributed by atoms with Crippen LogP contribution >= 0.6 is 11.8 Å². The third-order valence-electron chi connectivity index (χ3n) is 4.82. The Morgan fingerprint density at radius 1 is 1.29 bits per heavy atom. The van der Waals surface area contributed by atoms with E-state index >= 15 is 0 Å². The highest BCUT2D eigenvalue weighted by Gasteiger charge is 2.41. The number of rotatable bonds is 9. The molecular formula is C20H29N3O4S. The molecule has 8 heteroatoms. The van der Waals surface area contributed by atoms with Gasteiger partial charge in [0.2, 0.25) is 11.8 Å². The maximum absolute atomic E-state index is 13.3. The summed E-state index contributed by atoms with van der Waals surface area (Å²) in [4.78, 5) is 41.3. The summed E-state index contributed by atoms with van der Waals surface area (Å²) in [5.41, 5.74) is 6.48. The van der Waals surface area contributed by atoms with E-state index in [9.17, 15) is 14.4 Å². The summed E-state index contributed by atoms with van der Waals surface area (Å²) < 4.78 is 5.25. The molecule has 2 N–H and O–H groups in total. The summed E-state index contributed by atoms with van der Waals surface area (Å²) in [6, 6.07) is 8.26. The van der Waals surface area contributed by atoms with Gasteiger partial charge in [-0.05, 0) is 30.9 Å². The van der Waals surface area contributed by atoms with Crippen LogP contribution in [0.1, 0.15) is 18.9 Å². The summed E-state index contributed by atoms with van der Waals surface area (Å²) in [6.45, 7) is 2.52. The number of thioether (sulfide) groups is 1. The Balaban J connectivity index is 2.27. The van der Waals surface area contributed by atoms with Gasteiger partial charge in [0.25, 0.3) is 0 Å². The average molecular weight is 408 g/mol. The molecule has 154 valence electrons. The first-order chi connectivity index (χ1) is 13.5. The molecule has 0 aromatic heterocycles. The first-order valence-corrected chi connectivity index (χ1v) is 10.9. The van der Waals surface area contributed by atoms with Gasteiger partial charge >= 0.3 is 5.97 Å². The number of piperazine rings is 1. The van der Waals surface area contributed by atoms with E-state index in [1.807, 2.05) is 36.6 Å². The molecule has 2 atom stereocenters.